The van der Waals surface area contributed by atoms with Gasteiger partial charge in [-0.3, -0.25) is 9.59 Å². The number of carbonyl (C=O) groups excluding carboxylic acids is 2. The smallest absolute Gasteiger partial charge is 0.359 e. The SMILES string of the molecule is CC(=O)C(=O)c1c[nH]c2c(Cl)ncc(C)c12.Cc1cnc(Cl)c2[nH]ccc12.[Cl][Al]([Cl])[Cl]. The fraction of sp³-hybridized carbons (Fsp3) is 0.158. The van der Waals surface area contributed by atoms with Crippen LogP contribution in [-0.2, 0) is 4.79 Å². The van der Waals surface area contributed by atoms with Gasteiger partial charge in [0, 0.05) is 42.5 Å². The van der Waals surface area contributed by atoms with E-state index in [4.69, 9.17) is 53.3 Å². The van der Waals surface area contributed by atoms with Crippen LogP contribution in [0.3, 0.4) is 0 Å². The number of nitrogens with zero attached hydrogens (tertiary/aromatic N) is 2. The van der Waals surface area contributed by atoms with Crippen molar-refractivity contribution in [2.45, 2.75) is 20.8 Å². The minimum Gasteiger partial charge on any atom is -0.359 e. The van der Waals surface area contributed by atoms with Gasteiger partial charge in [-0.15, -0.1) is 0 Å². The number of ketones is 2. The Morgan fingerprint density at radius 3 is 2.03 bits per heavy atom. The van der Waals surface area contributed by atoms with E-state index >= 15 is 0 Å². The molecule has 12 heteroatoms. The van der Waals surface area contributed by atoms with Crippen LogP contribution in [0.1, 0.15) is 28.4 Å². The Hall–Kier alpha value is -1.30. The van der Waals surface area contributed by atoms with Gasteiger partial charge in [0.15, 0.2) is 16.1 Å². The third kappa shape index (κ3) is 6.60. The van der Waals surface area contributed by atoms with Crippen LogP contribution >= 0.6 is 53.3 Å². The van der Waals surface area contributed by atoms with Gasteiger partial charge < -0.3 is 9.97 Å². The number of rotatable bonds is 2. The number of aromatic amines is 2. The first-order chi connectivity index (χ1) is 14.5. The molecule has 4 aromatic rings. The van der Waals surface area contributed by atoms with E-state index in [1.54, 1.807) is 12.4 Å². The maximum absolute atomic E-state index is 11.7. The number of fused-ring (bicyclic) bond motifs is 2. The van der Waals surface area contributed by atoms with Crippen LogP contribution in [0.25, 0.3) is 21.8 Å². The number of Topliss-reactive ketones (excluding diaryl/α,β-unsaturated/α-hetero) is 2. The van der Waals surface area contributed by atoms with Crippen molar-refractivity contribution in [2.24, 2.45) is 0 Å². The molecule has 0 aliphatic heterocycles. The number of nitrogens with one attached hydrogen (secondary N) is 2. The second-order valence-corrected chi connectivity index (χ2v) is 13.5. The highest BCUT2D eigenvalue weighted by atomic mass is 35.8. The van der Waals surface area contributed by atoms with E-state index in [9.17, 15) is 9.59 Å². The van der Waals surface area contributed by atoms with Crippen molar-refractivity contribution in [2.75, 3.05) is 0 Å². The molecule has 4 heterocycles. The van der Waals surface area contributed by atoms with Crippen molar-refractivity contribution in [1.82, 2.24) is 19.9 Å². The lowest BCUT2D eigenvalue weighted by Gasteiger charge is -2.00. The first kappa shape index (κ1) is 26.0. The highest BCUT2D eigenvalue weighted by Crippen LogP contribution is 2.27. The fourth-order valence-electron chi connectivity index (χ4n) is 2.80. The molecule has 0 fully saturated rings. The predicted octanol–water partition coefficient (Wildman–Crippen LogP) is 6.51. The van der Waals surface area contributed by atoms with Gasteiger partial charge in [-0.05, 0) is 31.0 Å². The molecule has 0 atom stereocenters. The van der Waals surface area contributed by atoms with Gasteiger partial charge >= 0.3 is 11.4 Å². The summed E-state index contributed by atoms with van der Waals surface area (Å²) in [5.74, 6) is -1.01. The van der Waals surface area contributed by atoms with E-state index in [0.29, 0.717) is 26.8 Å². The molecule has 0 aliphatic carbocycles. The van der Waals surface area contributed by atoms with Crippen molar-refractivity contribution < 1.29 is 9.59 Å². The first-order valence-corrected chi connectivity index (χ1v) is 14.7. The topological polar surface area (TPSA) is 91.5 Å². The van der Waals surface area contributed by atoms with Gasteiger partial charge in [-0.2, -0.15) is 0 Å². The van der Waals surface area contributed by atoms with Crippen molar-refractivity contribution in [3.63, 3.8) is 0 Å². The third-order valence-electron chi connectivity index (χ3n) is 4.17. The van der Waals surface area contributed by atoms with Crippen LogP contribution in [0.5, 0.6) is 0 Å². The number of aryl methyl sites for hydroxylation is 2. The van der Waals surface area contributed by atoms with Crippen LogP contribution in [0, 0.1) is 13.8 Å². The summed E-state index contributed by atoms with van der Waals surface area (Å²) in [7, 11) is 14.8. The van der Waals surface area contributed by atoms with Gasteiger partial charge in [0.25, 0.3) is 0 Å². The monoisotopic (exact) mass is 534 g/mol. The zero-order valence-electron chi connectivity index (χ0n) is 16.6. The molecule has 0 unspecified atom stereocenters. The molecule has 2 N–H and O–H groups in total. The quantitative estimate of drug-likeness (QED) is 0.132. The Labute approximate surface area is 205 Å². The molecule has 0 saturated carbocycles. The van der Waals surface area contributed by atoms with E-state index in [2.05, 4.69) is 19.9 Å². The number of pyridine rings is 2. The van der Waals surface area contributed by atoms with Crippen molar-refractivity contribution in [3.8, 4) is 0 Å². The molecule has 6 nitrogen and oxygen atoms in total. The summed E-state index contributed by atoms with van der Waals surface area (Å²) in [5.41, 5.74) is 3.82. The van der Waals surface area contributed by atoms with Gasteiger partial charge in [0.2, 0.25) is 5.78 Å². The average Bonchev–Trinajstić information content (AvgIpc) is 3.36. The maximum atomic E-state index is 11.7. The predicted molar refractivity (Wildman–Crippen MR) is 130 cm³/mol. The van der Waals surface area contributed by atoms with Crippen LogP contribution in [0.15, 0.2) is 30.9 Å². The highest BCUT2D eigenvalue weighted by molar-refractivity contribution is 7.54. The standard InChI is InChI=1S/C11H9ClN2O2.C8H7ClN2.Al.3ClH/c1-5-3-14-11(12)9-8(5)7(4-13-9)10(16)6(2)15;1-5-4-11-8(9)7-6(5)2-3-10-7;;;;/h3-4,13H,1-2H3;2-4,10H,1H3;;3*1H/q;;+3;;;/p-3. The highest BCUT2D eigenvalue weighted by Gasteiger charge is 2.18. The number of H-pyrrole nitrogens is 2. The fourth-order valence-corrected chi connectivity index (χ4v) is 3.21. The third-order valence-corrected chi connectivity index (χ3v) is 4.74. The lowest BCUT2D eigenvalue weighted by Crippen LogP contribution is -2.09. The number of carbonyl (C=O) groups is 2. The largest absolute Gasteiger partial charge is 0.643 e. The van der Waals surface area contributed by atoms with E-state index in [0.717, 1.165) is 22.0 Å². The van der Waals surface area contributed by atoms with Gasteiger partial charge in [0.05, 0.1) is 16.6 Å². The molecule has 162 valence electrons. The Balaban J connectivity index is 0.000000197. The van der Waals surface area contributed by atoms with Crippen LogP contribution < -0.4 is 0 Å². The normalized spacial score (nSPS) is 10.2. The van der Waals surface area contributed by atoms with Gasteiger partial charge in [-0.25, -0.2) is 40.1 Å². The summed E-state index contributed by atoms with van der Waals surface area (Å²) in [4.78, 5) is 36.6. The molecule has 0 bridgehead atoms. The summed E-state index contributed by atoms with van der Waals surface area (Å²) in [5, 5.41) is 2.64. The van der Waals surface area contributed by atoms with Gasteiger partial charge in [-0.1, -0.05) is 23.2 Å². The molecule has 4 aromatic heterocycles. The molecule has 0 radical (unpaired) electrons. The zero-order chi connectivity index (χ0) is 23.3. The molecule has 0 amide bonds. The van der Waals surface area contributed by atoms with Gasteiger partial charge in [0.1, 0.15) is 0 Å². The maximum Gasteiger partial charge on any atom is 0.643 e. The molecule has 0 aliphatic rings. The van der Waals surface area contributed by atoms with Crippen molar-refractivity contribution in [3.05, 3.63) is 57.9 Å². The number of halogens is 5. The Morgan fingerprint density at radius 1 is 0.935 bits per heavy atom. The molecule has 0 spiro atoms. The number of aromatic nitrogens is 4. The van der Waals surface area contributed by atoms with Crippen LogP contribution in [0.4, 0.5) is 0 Å². The summed E-state index contributed by atoms with van der Waals surface area (Å²) in [6, 6.07) is 2.00. The molecule has 4 rings (SSSR count). The second-order valence-electron chi connectivity index (χ2n) is 6.32. The Kier molecular flexibility index (Phi) is 9.66. The van der Waals surface area contributed by atoms with E-state index < -0.39 is 23.0 Å². The van der Waals surface area contributed by atoms with E-state index in [-0.39, 0.29) is 0 Å². The Morgan fingerprint density at radius 2 is 1.48 bits per heavy atom. The summed E-state index contributed by atoms with van der Waals surface area (Å²) in [6.07, 6.45) is 6.72. The van der Waals surface area contributed by atoms with Crippen molar-refractivity contribution >= 4 is 98.1 Å². The Bertz CT molecular complexity index is 1200. The molecular formula is C19H16AlCl5N4O2. The number of hydrogen-bond donors (Lipinski definition) is 2. The minimum atomic E-state index is -1.72. The van der Waals surface area contributed by atoms with Crippen molar-refractivity contribution in [1.29, 1.82) is 0 Å². The van der Waals surface area contributed by atoms with E-state index in [1.165, 1.54) is 13.1 Å². The number of hydrogen-bond acceptors (Lipinski definition) is 4. The molecule has 0 aromatic carbocycles. The van der Waals surface area contributed by atoms with Crippen LogP contribution in [0.2, 0.25) is 10.3 Å². The average molecular weight is 537 g/mol. The first-order valence-electron chi connectivity index (χ1n) is 8.72. The van der Waals surface area contributed by atoms with Crippen LogP contribution in [-0.4, -0.2) is 42.9 Å². The lowest BCUT2D eigenvalue weighted by molar-refractivity contribution is -0.113. The molecule has 0 saturated heterocycles. The molecule has 31 heavy (non-hydrogen) atoms. The summed E-state index contributed by atoms with van der Waals surface area (Å²) < 4.78 is 0. The van der Waals surface area contributed by atoms with E-state index in [1.807, 2.05) is 26.1 Å². The minimum absolute atomic E-state index is 0.295. The summed E-state index contributed by atoms with van der Waals surface area (Å²) in [6.45, 7) is 5.08. The zero-order valence-corrected chi connectivity index (χ0v) is 21.5. The lowest BCUT2D eigenvalue weighted by atomic mass is 10.1. The molecular weight excluding hydrogens is 520 g/mol. The second kappa shape index (κ2) is 11.5. The summed E-state index contributed by atoms with van der Waals surface area (Å²) >= 11 is 9.99.